The van der Waals surface area contributed by atoms with Gasteiger partial charge in [-0.05, 0) is 37.5 Å². The smallest absolute Gasteiger partial charge is 0.227 e. The largest absolute Gasteiger partial charge is 0.379 e. The molecule has 1 aliphatic carbocycles. The van der Waals surface area contributed by atoms with Gasteiger partial charge in [0.05, 0.1) is 18.6 Å². The average Bonchev–Trinajstić information content (AvgIpc) is 3.29. The molecule has 3 atom stereocenters. The number of nitrogens with one attached hydrogen (secondary N) is 2. The summed E-state index contributed by atoms with van der Waals surface area (Å²) in [6.07, 6.45) is 5.96. The summed E-state index contributed by atoms with van der Waals surface area (Å²) in [6.45, 7) is 6.39. The van der Waals surface area contributed by atoms with Crippen molar-refractivity contribution in [1.82, 2.24) is 15.5 Å². The maximum absolute atomic E-state index is 13.2. The number of thioether (sulfide) groups is 1. The number of amides is 1. The van der Waals surface area contributed by atoms with E-state index in [1.54, 1.807) is 0 Å². The zero-order valence-corrected chi connectivity index (χ0v) is 15.5. The van der Waals surface area contributed by atoms with Crippen molar-refractivity contribution in [3.05, 3.63) is 0 Å². The van der Waals surface area contributed by atoms with Gasteiger partial charge in [-0.25, -0.2) is 0 Å². The van der Waals surface area contributed by atoms with Crippen LogP contribution in [0.4, 0.5) is 0 Å². The highest BCUT2D eigenvalue weighted by Gasteiger charge is 2.50. The molecule has 0 aromatic carbocycles. The van der Waals surface area contributed by atoms with Crippen molar-refractivity contribution < 1.29 is 9.53 Å². The Kier molecular flexibility index (Phi) is 5.09. The van der Waals surface area contributed by atoms with Crippen LogP contribution in [0.25, 0.3) is 0 Å². The van der Waals surface area contributed by atoms with Crippen LogP contribution >= 0.6 is 11.8 Å². The number of fused-ring (bicyclic) bond motifs is 1. The lowest BCUT2D eigenvalue weighted by Gasteiger charge is -2.44. The third-order valence-corrected chi connectivity index (χ3v) is 8.07. The van der Waals surface area contributed by atoms with Gasteiger partial charge in [0.25, 0.3) is 0 Å². The third-order valence-electron chi connectivity index (χ3n) is 6.83. The van der Waals surface area contributed by atoms with E-state index in [0.717, 1.165) is 58.1 Å². The van der Waals surface area contributed by atoms with E-state index in [2.05, 4.69) is 15.5 Å². The zero-order valence-electron chi connectivity index (χ0n) is 14.6. The minimum atomic E-state index is -0.129. The van der Waals surface area contributed by atoms with E-state index in [1.165, 1.54) is 31.4 Å². The minimum absolute atomic E-state index is 0.129. The lowest BCUT2D eigenvalue weighted by Crippen LogP contribution is -2.60. The van der Waals surface area contributed by atoms with Gasteiger partial charge < -0.3 is 15.4 Å². The normalized spacial score (nSPS) is 40.4. The minimum Gasteiger partial charge on any atom is -0.379 e. The molecule has 3 aliphatic heterocycles. The van der Waals surface area contributed by atoms with Crippen LogP contribution in [0.15, 0.2) is 0 Å². The molecule has 5 nitrogen and oxygen atoms in total. The number of rotatable bonds is 4. The summed E-state index contributed by atoms with van der Waals surface area (Å²) in [5.74, 6) is 3.22. The maximum atomic E-state index is 13.2. The van der Waals surface area contributed by atoms with Gasteiger partial charge in [-0.2, -0.15) is 11.8 Å². The zero-order chi connectivity index (χ0) is 16.5. The number of hydrogen-bond donors (Lipinski definition) is 2. The van der Waals surface area contributed by atoms with Crippen LogP contribution in [-0.2, 0) is 9.53 Å². The molecule has 1 unspecified atom stereocenters. The monoisotopic (exact) mass is 353 g/mol. The van der Waals surface area contributed by atoms with Gasteiger partial charge in [-0.15, -0.1) is 0 Å². The fraction of sp³-hybridized carbons (Fsp3) is 0.944. The van der Waals surface area contributed by atoms with Gasteiger partial charge >= 0.3 is 0 Å². The Labute approximate surface area is 149 Å². The van der Waals surface area contributed by atoms with Crippen molar-refractivity contribution in [3.8, 4) is 0 Å². The molecule has 0 spiro atoms. The first-order valence-electron chi connectivity index (χ1n) is 9.65. The number of carbonyl (C=O) groups is 1. The molecule has 3 saturated heterocycles. The Bertz CT molecular complexity index is 463. The summed E-state index contributed by atoms with van der Waals surface area (Å²) in [5, 5.41) is 6.91. The molecule has 6 heteroatoms. The number of hydrogen-bond acceptors (Lipinski definition) is 5. The third kappa shape index (κ3) is 3.00. The second kappa shape index (κ2) is 7.14. The molecule has 4 rings (SSSR count). The Balaban J connectivity index is 1.43. The molecular weight excluding hydrogens is 322 g/mol. The molecule has 0 aromatic rings. The van der Waals surface area contributed by atoms with E-state index >= 15 is 0 Å². The second-order valence-corrected chi connectivity index (χ2v) is 9.14. The SMILES string of the molecule is O=C(NCC1(N2CCOCC2)CCSC1)[C@@]12CCCC[C@H]1CNC2. The van der Waals surface area contributed by atoms with Gasteiger partial charge in [0.15, 0.2) is 0 Å². The van der Waals surface area contributed by atoms with Gasteiger partial charge in [-0.1, -0.05) is 12.8 Å². The van der Waals surface area contributed by atoms with Crippen LogP contribution < -0.4 is 10.6 Å². The van der Waals surface area contributed by atoms with Crippen molar-refractivity contribution in [3.63, 3.8) is 0 Å². The predicted molar refractivity (Wildman–Crippen MR) is 97.3 cm³/mol. The summed E-state index contributed by atoms with van der Waals surface area (Å²) in [4.78, 5) is 15.8. The Morgan fingerprint density at radius 3 is 2.96 bits per heavy atom. The van der Waals surface area contributed by atoms with Crippen molar-refractivity contribution in [2.24, 2.45) is 11.3 Å². The summed E-state index contributed by atoms with van der Waals surface area (Å²) in [6, 6.07) is 0. The Morgan fingerprint density at radius 1 is 1.29 bits per heavy atom. The van der Waals surface area contributed by atoms with E-state index < -0.39 is 0 Å². The molecule has 0 bridgehead atoms. The number of morpholine rings is 1. The fourth-order valence-electron chi connectivity index (χ4n) is 5.25. The number of carbonyl (C=O) groups excluding carboxylic acids is 1. The van der Waals surface area contributed by atoms with Crippen molar-refractivity contribution in [2.45, 2.75) is 37.6 Å². The first-order valence-corrected chi connectivity index (χ1v) is 10.8. The molecule has 2 N–H and O–H groups in total. The van der Waals surface area contributed by atoms with E-state index in [9.17, 15) is 4.79 Å². The molecule has 3 heterocycles. The number of nitrogens with zero attached hydrogens (tertiary/aromatic N) is 1. The second-order valence-electron chi connectivity index (χ2n) is 8.04. The van der Waals surface area contributed by atoms with E-state index in [1.807, 2.05) is 11.8 Å². The topological polar surface area (TPSA) is 53.6 Å². The molecule has 4 aliphatic rings. The molecule has 1 saturated carbocycles. The predicted octanol–water partition coefficient (Wildman–Crippen LogP) is 1.09. The molecule has 136 valence electrons. The molecule has 1 amide bonds. The van der Waals surface area contributed by atoms with E-state index in [-0.39, 0.29) is 11.0 Å². The van der Waals surface area contributed by atoms with Crippen LogP contribution in [0.5, 0.6) is 0 Å². The first kappa shape index (κ1) is 17.1. The summed E-state index contributed by atoms with van der Waals surface area (Å²) < 4.78 is 5.54. The molecule has 0 radical (unpaired) electrons. The van der Waals surface area contributed by atoms with Crippen LogP contribution in [-0.4, -0.2) is 73.8 Å². The standard InChI is InChI=1S/C18H31N3O2S/c22-16(18-4-2-1-3-15(18)11-19-13-18)20-12-17(5-10-24-14-17)21-6-8-23-9-7-21/h15,19H,1-14H2,(H,20,22)/t15-,17?,18+/m0/s1. The van der Waals surface area contributed by atoms with Gasteiger partial charge in [-0.3, -0.25) is 9.69 Å². The highest BCUT2D eigenvalue weighted by Crippen LogP contribution is 2.44. The highest BCUT2D eigenvalue weighted by atomic mass is 32.2. The maximum Gasteiger partial charge on any atom is 0.227 e. The van der Waals surface area contributed by atoms with Crippen molar-refractivity contribution in [2.75, 3.05) is 57.4 Å². The van der Waals surface area contributed by atoms with Crippen LogP contribution in [0, 0.1) is 11.3 Å². The Morgan fingerprint density at radius 2 is 2.17 bits per heavy atom. The quantitative estimate of drug-likeness (QED) is 0.792. The molecule has 0 aromatic heterocycles. The van der Waals surface area contributed by atoms with E-state index in [4.69, 9.17) is 4.74 Å². The van der Waals surface area contributed by atoms with Gasteiger partial charge in [0, 0.05) is 37.5 Å². The average molecular weight is 354 g/mol. The van der Waals surface area contributed by atoms with Gasteiger partial charge in [0.2, 0.25) is 5.91 Å². The molecule has 24 heavy (non-hydrogen) atoms. The first-order chi connectivity index (χ1) is 11.8. The van der Waals surface area contributed by atoms with Crippen LogP contribution in [0.3, 0.4) is 0 Å². The van der Waals surface area contributed by atoms with E-state index in [0.29, 0.717) is 11.8 Å². The van der Waals surface area contributed by atoms with Crippen LogP contribution in [0.2, 0.25) is 0 Å². The number of ether oxygens (including phenoxy) is 1. The lowest BCUT2D eigenvalue weighted by atomic mass is 9.67. The highest BCUT2D eigenvalue weighted by molar-refractivity contribution is 7.99. The Hall–Kier alpha value is -0.300. The summed E-state index contributed by atoms with van der Waals surface area (Å²) in [7, 11) is 0. The van der Waals surface area contributed by atoms with Crippen molar-refractivity contribution in [1.29, 1.82) is 0 Å². The molecule has 4 fully saturated rings. The molecular formula is C18H31N3O2S. The van der Waals surface area contributed by atoms with Gasteiger partial charge in [0.1, 0.15) is 0 Å². The fourth-order valence-corrected chi connectivity index (χ4v) is 6.72. The summed E-state index contributed by atoms with van der Waals surface area (Å²) >= 11 is 2.03. The summed E-state index contributed by atoms with van der Waals surface area (Å²) in [5.41, 5.74) is 0.0210. The van der Waals surface area contributed by atoms with Crippen molar-refractivity contribution >= 4 is 17.7 Å². The lowest BCUT2D eigenvalue weighted by molar-refractivity contribution is -0.134. The van der Waals surface area contributed by atoms with Crippen LogP contribution in [0.1, 0.15) is 32.1 Å².